The van der Waals surface area contributed by atoms with Gasteiger partial charge >= 0.3 is 6.09 Å². The minimum Gasteiger partial charge on any atom is -0.444 e. The van der Waals surface area contributed by atoms with Crippen molar-refractivity contribution in [1.82, 2.24) is 10.4 Å². The van der Waals surface area contributed by atoms with Gasteiger partial charge in [-0.15, -0.1) is 0 Å². The van der Waals surface area contributed by atoms with E-state index in [1.165, 1.54) is 14.2 Å². The Kier molecular flexibility index (Phi) is 6.33. The molecule has 0 bridgehead atoms. The molecular formula is C10H20N2O4S. The molecule has 1 unspecified atom stereocenters. The van der Waals surface area contributed by atoms with Crippen molar-refractivity contribution in [2.75, 3.05) is 19.9 Å². The van der Waals surface area contributed by atoms with E-state index in [-0.39, 0.29) is 5.75 Å². The van der Waals surface area contributed by atoms with Gasteiger partial charge in [0.15, 0.2) is 0 Å². The van der Waals surface area contributed by atoms with Crippen LogP contribution >= 0.6 is 12.6 Å². The molecule has 2 amide bonds. The fourth-order valence-electron chi connectivity index (χ4n) is 0.945. The van der Waals surface area contributed by atoms with Crippen molar-refractivity contribution in [2.45, 2.75) is 32.4 Å². The van der Waals surface area contributed by atoms with Crippen LogP contribution in [0.1, 0.15) is 20.8 Å². The summed E-state index contributed by atoms with van der Waals surface area (Å²) in [6, 6.07) is -0.780. The number of amides is 2. The largest absolute Gasteiger partial charge is 0.444 e. The Balaban J connectivity index is 4.41. The number of nitrogens with zero attached hydrogens (tertiary/aromatic N) is 1. The Morgan fingerprint density at radius 3 is 2.29 bits per heavy atom. The van der Waals surface area contributed by atoms with Crippen LogP contribution < -0.4 is 5.32 Å². The molecule has 17 heavy (non-hydrogen) atoms. The molecule has 7 heteroatoms. The van der Waals surface area contributed by atoms with Gasteiger partial charge in [-0.25, -0.2) is 9.86 Å². The van der Waals surface area contributed by atoms with Crippen LogP contribution in [0.2, 0.25) is 0 Å². The SMILES string of the molecule is CON(C)C(=O)C(CS)NC(=O)OC(C)(C)C. The van der Waals surface area contributed by atoms with E-state index in [1.807, 2.05) is 0 Å². The quantitative estimate of drug-likeness (QED) is 0.583. The van der Waals surface area contributed by atoms with Crippen molar-refractivity contribution in [3.63, 3.8) is 0 Å². The van der Waals surface area contributed by atoms with E-state index < -0.39 is 23.6 Å². The highest BCUT2D eigenvalue weighted by atomic mass is 32.1. The highest BCUT2D eigenvalue weighted by Crippen LogP contribution is 2.07. The lowest BCUT2D eigenvalue weighted by Crippen LogP contribution is -2.49. The number of carbonyl (C=O) groups is 2. The second kappa shape index (κ2) is 6.70. The molecule has 0 rings (SSSR count). The third-order valence-electron chi connectivity index (χ3n) is 1.76. The summed E-state index contributed by atoms with van der Waals surface area (Å²) < 4.78 is 5.04. The van der Waals surface area contributed by atoms with Crippen molar-refractivity contribution in [3.05, 3.63) is 0 Å². The van der Waals surface area contributed by atoms with Crippen LogP contribution in [-0.4, -0.2) is 48.6 Å². The Morgan fingerprint density at radius 2 is 1.94 bits per heavy atom. The van der Waals surface area contributed by atoms with Crippen molar-refractivity contribution >= 4 is 24.6 Å². The van der Waals surface area contributed by atoms with Crippen molar-refractivity contribution in [1.29, 1.82) is 0 Å². The van der Waals surface area contributed by atoms with Gasteiger partial charge in [-0.05, 0) is 20.8 Å². The van der Waals surface area contributed by atoms with Gasteiger partial charge in [-0.3, -0.25) is 9.63 Å². The number of hydroxylamine groups is 2. The van der Waals surface area contributed by atoms with Crippen LogP contribution in [0.25, 0.3) is 0 Å². The zero-order valence-electron chi connectivity index (χ0n) is 10.8. The predicted molar refractivity (Wildman–Crippen MR) is 66.8 cm³/mol. The Labute approximate surface area is 107 Å². The molecule has 0 radical (unpaired) electrons. The molecule has 0 spiro atoms. The first-order valence-corrected chi connectivity index (χ1v) is 5.76. The van der Waals surface area contributed by atoms with E-state index in [2.05, 4.69) is 17.9 Å². The molecule has 0 saturated heterocycles. The summed E-state index contributed by atoms with van der Waals surface area (Å²) in [5.41, 5.74) is -0.610. The number of alkyl carbamates (subject to hydrolysis) is 1. The number of thiol groups is 1. The minimum atomic E-state index is -0.780. The first kappa shape index (κ1) is 16.1. The van der Waals surface area contributed by atoms with Crippen LogP contribution in [-0.2, 0) is 14.4 Å². The molecule has 0 saturated carbocycles. The summed E-state index contributed by atoms with van der Waals surface area (Å²) in [5, 5.41) is 3.46. The Morgan fingerprint density at radius 1 is 1.41 bits per heavy atom. The number of ether oxygens (including phenoxy) is 1. The van der Waals surface area contributed by atoms with Gasteiger partial charge < -0.3 is 10.1 Å². The van der Waals surface area contributed by atoms with E-state index in [1.54, 1.807) is 20.8 Å². The summed E-state index contributed by atoms with van der Waals surface area (Å²) in [5.74, 6) is -0.237. The highest BCUT2D eigenvalue weighted by molar-refractivity contribution is 7.80. The minimum absolute atomic E-state index is 0.159. The smallest absolute Gasteiger partial charge is 0.408 e. The maximum absolute atomic E-state index is 11.7. The normalized spacial score (nSPS) is 12.8. The highest BCUT2D eigenvalue weighted by Gasteiger charge is 2.25. The molecule has 100 valence electrons. The summed E-state index contributed by atoms with van der Waals surface area (Å²) in [4.78, 5) is 27.9. The predicted octanol–water partition coefficient (Wildman–Crippen LogP) is 0.829. The number of likely N-dealkylation sites (N-methyl/N-ethyl adjacent to an activating group) is 1. The van der Waals surface area contributed by atoms with E-state index in [4.69, 9.17) is 9.57 Å². The van der Waals surface area contributed by atoms with E-state index in [9.17, 15) is 9.59 Å². The third-order valence-corrected chi connectivity index (χ3v) is 2.12. The fourth-order valence-corrected chi connectivity index (χ4v) is 1.19. The van der Waals surface area contributed by atoms with Crippen molar-refractivity contribution < 1.29 is 19.2 Å². The van der Waals surface area contributed by atoms with E-state index in [0.717, 1.165) is 5.06 Å². The Bertz CT molecular complexity index is 278. The van der Waals surface area contributed by atoms with Crippen molar-refractivity contribution in [3.8, 4) is 0 Å². The molecule has 0 fully saturated rings. The maximum Gasteiger partial charge on any atom is 0.408 e. The first-order chi connectivity index (χ1) is 7.71. The zero-order valence-corrected chi connectivity index (χ0v) is 11.7. The average Bonchev–Trinajstić information content (AvgIpc) is 2.21. The van der Waals surface area contributed by atoms with Gasteiger partial charge in [0.05, 0.1) is 7.11 Å². The zero-order chi connectivity index (χ0) is 13.6. The summed E-state index contributed by atoms with van der Waals surface area (Å²) in [6.07, 6.45) is -0.658. The number of hydrogen-bond donors (Lipinski definition) is 2. The molecule has 0 aliphatic heterocycles. The van der Waals surface area contributed by atoms with Crippen LogP contribution in [0.4, 0.5) is 4.79 Å². The summed E-state index contributed by atoms with van der Waals surface area (Å²) in [7, 11) is 2.82. The second-order valence-electron chi connectivity index (χ2n) is 4.40. The van der Waals surface area contributed by atoms with Gasteiger partial charge in [-0.2, -0.15) is 12.6 Å². The van der Waals surface area contributed by atoms with Crippen LogP contribution in [0.3, 0.4) is 0 Å². The molecule has 0 aromatic heterocycles. The molecule has 6 nitrogen and oxygen atoms in total. The van der Waals surface area contributed by atoms with Gasteiger partial charge in [0.2, 0.25) is 0 Å². The topological polar surface area (TPSA) is 67.9 Å². The summed E-state index contributed by atoms with van der Waals surface area (Å²) in [6.45, 7) is 5.22. The number of rotatable bonds is 4. The number of hydrogen-bond acceptors (Lipinski definition) is 5. The lowest BCUT2D eigenvalue weighted by atomic mass is 10.2. The van der Waals surface area contributed by atoms with Gasteiger partial charge in [0.1, 0.15) is 11.6 Å². The molecular weight excluding hydrogens is 244 g/mol. The molecule has 0 heterocycles. The standard InChI is InChI=1S/C10H20N2O4S/c1-10(2,3)16-9(14)11-7(6-17)8(13)12(4)15-5/h7,17H,6H2,1-5H3,(H,11,14). The van der Waals surface area contributed by atoms with Crippen LogP contribution in [0.15, 0.2) is 0 Å². The fraction of sp³-hybridized carbons (Fsp3) is 0.800. The van der Waals surface area contributed by atoms with E-state index >= 15 is 0 Å². The lowest BCUT2D eigenvalue weighted by Gasteiger charge is -2.24. The molecule has 0 aliphatic rings. The molecule has 1 atom stereocenters. The second-order valence-corrected chi connectivity index (χ2v) is 4.76. The number of carbonyl (C=O) groups excluding carboxylic acids is 2. The van der Waals surface area contributed by atoms with Crippen LogP contribution in [0.5, 0.6) is 0 Å². The molecule has 0 aliphatic carbocycles. The van der Waals surface area contributed by atoms with Crippen molar-refractivity contribution in [2.24, 2.45) is 0 Å². The summed E-state index contributed by atoms with van der Waals surface area (Å²) >= 11 is 4.00. The average molecular weight is 264 g/mol. The van der Waals surface area contributed by atoms with Gasteiger partial charge in [-0.1, -0.05) is 0 Å². The third kappa shape index (κ3) is 6.38. The van der Waals surface area contributed by atoms with Crippen LogP contribution in [0, 0.1) is 0 Å². The molecule has 0 aromatic carbocycles. The monoisotopic (exact) mass is 264 g/mol. The molecule has 1 N–H and O–H groups in total. The Hall–Kier alpha value is -0.950. The van der Waals surface area contributed by atoms with Gasteiger partial charge in [0.25, 0.3) is 5.91 Å². The van der Waals surface area contributed by atoms with Gasteiger partial charge in [0, 0.05) is 12.8 Å². The first-order valence-electron chi connectivity index (χ1n) is 5.13. The van der Waals surface area contributed by atoms with E-state index in [0.29, 0.717) is 0 Å². The lowest BCUT2D eigenvalue weighted by molar-refractivity contribution is -0.170. The number of nitrogens with one attached hydrogen (secondary N) is 1. The molecule has 0 aromatic rings. The maximum atomic E-state index is 11.7.